The lowest BCUT2D eigenvalue weighted by Gasteiger charge is -2.23. The van der Waals surface area contributed by atoms with E-state index in [9.17, 15) is 14.7 Å². The van der Waals surface area contributed by atoms with E-state index in [-0.39, 0.29) is 11.8 Å². The highest BCUT2D eigenvalue weighted by molar-refractivity contribution is 5.85. The van der Waals surface area contributed by atoms with E-state index in [4.69, 9.17) is 0 Å². The van der Waals surface area contributed by atoms with Crippen molar-refractivity contribution in [1.29, 1.82) is 0 Å². The SMILES string of the molecule is CC1CC(C(=O)O)C(C(=O)N(C)Cc2ccccn2)C1. The maximum absolute atomic E-state index is 12.4. The molecule has 1 amide bonds. The molecule has 0 aromatic carbocycles. The van der Waals surface area contributed by atoms with Gasteiger partial charge in [-0.1, -0.05) is 13.0 Å². The van der Waals surface area contributed by atoms with E-state index in [2.05, 4.69) is 4.98 Å². The van der Waals surface area contributed by atoms with Crippen LogP contribution < -0.4 is 0 Å². The largest absolute Gasteiger partial charge is 0.481 e. The summed E-state index contributed by atoms with van der Waals surface area (Å²) in [6.45, 7) is 2.42. The summed E-state index contributed by atoms with van der Waals surface area (Å²) >= 11 is 0. The van der Waals surface area contributed by atoms with Gasteiger partial charge in [-0.15, -0.1) is 0 Å². The molecule has 1 saturated carbocycles. The van der Waals surface area contributed by atoms with Crippen molar-refractivity contribution < 1.29 is 14.7 Å². The number of hydrogen-bond acceptors (Lipinski definition) is 3. The number of carbonyl (C=O) groups excluding carboxylic acids is 1. The van der Waals surface area contributed by atoms with Gasteiger partial charge in [0, 0.05) is 13.2 Å². The van der Waals surface area contributed by atoms with Crippen LogP contribution >= 0.6 is 0 Å². The topological polar surface area (TPSA) is 70.5 Å². The average Bonchev–Trinajstić information content (AvgIpc) is 2.81. The van der Waals surface area contributed by atoms with E-state index in [1.165, 1.54) is 0 Å². The smallest absolute Gasteiger partial charge is 0.307 e. The summed E-state index contributed by atoms with van der Waals surface area (Å²) in [6, 6.07) is 5.55. The number of nitrogens with zero attached hydrogens (tertiary/aromatic N) is 2. The summed E-state index contributed by atoms with van der Waals surface area (Å²) in [4.78, 5) is 29.5. The van der Waals surface area contributed by atoms with E-state index in [0.717, 1.165) is 5.69 Å². The number of pyridine rings is 1. The number of amides is 1. The summed E-state index contributed by atoms with van der Waals surface area (Å²) in [5.74, 6) is -1.63. The molecule has 1 aliphatic carbocycles. The van der Waals surface area contributed by atoms with Gasteiger partial charge in [0.05, 0.1) is 24.1 Å². The van der Waals surface area contributed by atoms with Gasteiger partial charge in [-0.05, 0) is 30.9 Å². The molecule has 1 aliphatic rings. The van der Waals surface area contributed by atoms with Gasteiger partial charge in [0.2, 0.25) is 5.91 Å². The molecule has 5 nitrogen and oxygen atoms in total. The third-order valence-electron chi connectivity index (χ3n) is 3.93. The second kappa shape index (κ2) is 6.03. The molecule has 0 bridgehead atoms. The molecule has 0 aliphatic heterocycles. The lowest BCUT2D eigenvalue weighted by Crippen LogP contribution is -2.36. The van der Waals surface area contributed by atoms with E-state index in [0.29, 0.717) is 19.4 Å². The van der Waals surface area contributed by atoms with Crippen LogP contribution in [0.25, 0.3) is 0 Å². The third-order valence-corrected chi connectivity index (χ3v) is 3.93. The molecule has 3 unspecified atom stereocenters. The maximum Gasteiger partial charge on any atom is 0.307 e. The Hall–Kier alpha value is -1.91. The molecule has 20 heavy (non-hydrogen) atoms. The van der Waals surface area contributed by atoms with E-state index >= 15 is 0 Å². The first-order valence-electron chi connectivity index (χ1n) is 6.86. The molecule has 2 rings (SSSR count). The van der Waals surface area contributed by atoms with Crippen LogP contribution in [0.2, 0.25) is 0 Å². The lowest BCUT2D eigenvalue weighted by molar-refractivity contribution is -0.148. The van der Waals surface area contributed by atoms with Crippen LogP contribution in [0.5, 0.6) is 0 Å². The highest BCUT2D eigenvalue weighted by Gasteiger charge is 2.42. The summed E-state index contributed by atoms with van der Waals surface area (Å²) in [5, 5.41) is 9.24. The van der Waals surface area contributed by atoms with Gasteiger partial charge in [0.15, 0.2) is 0 Å². The number of aromatic nitrogens is 1. The third kappa shape index (κ3) is 3.15. The van der Waals surface area contributed by atoms with Gasteiger partial charge in [-0.2, -0.15) is 0 Å². The summed E-state index contributed by atoms with van der Waals surface area (Å²) in [6.07, 6.45) is 2.93. The molecule has 3 atom stereocenters. The first-order chi connectivity index (χ1) is 9.49. The molecule has 0 saturated heterocycles. The molecular weight excluding hydrogens is 256 g/mol. The first-order valence-corrected chi connectivity index (χ1v) is 6.86. The normalized spacial score (nSPS) is 25.4. The van der Waals surface area contributed by atoms with Crippen molar-refractivity contribution in [2.45, 2.75) is 26.3 Å². The van der Waals surface area contributed by atoms with Crippen molar-refractivity contribution in [3.05, 3.63) is 30.1 Å². The maximum atomic E-state index is 12.4. The zero-order chi connectivity index (χ0) is 14.7. The summed E-state index contributed by atoms with van der Waals surface area (Å²) < 4.78 is 0. The van der Waals surface area contributed by atoms with Gasteiger partial charge < -0.3 is 10.0 Å². The van der Waals surface area contributed by atoms with Crippen LogP contribution in [0.1, 0.15) is 25.5 Å². The van der Waals surface area contributed by atoms with Gasteiger partial charge >= 0.3 is 5.97 Å². The van der Waals surface area contributed by atoms with Crippen LogP contribution in [0, 0.1) is 17.8 Å². The van der Waals surface area contributed by atoms with E-state index in [1.807, 2.05) is 25.1 Å². The predicted octanol–water partition coefficient (Wildman–Crippen LogP) is 1.79. The average molecular weight is 276 g/mol. The van der Waals surface area contributed by atoms with Gasteiger partial charge in [0.1, 0.15) is 0 Å². The molecule has 1 aromatic rings. The predicted molar refractivity (Wildman–Crippen MR) is 73.7 cm³/mol. The van der Waals surface area contributed by atoms with E-state index < -0.39 is 17.8 Å². The van der Waals surface area contributed by atoms with Crippen molar-refractivity contribution in [1.82, 2.24) is 9.88 Å². The second-order valence-electron chi connectivity index (χ2n) is 5.64. The minimum Gasteiger partial charge on any atom is -0.481 e. The molecule has 108 valence electrons. The Balaban J connectivity index is 2.04. The number of carboxylic acid groups (broad SMARTS) is 1. The Bertz CT molecular complexity index is 489. The molecule has 1 aromatic heterocycles. The molecule has 1 N–H and O–H groups in total. The fourth-order valence-electron chi connectivity index (χ4n) is 2.93. The van der Waals surface area contributed by atoms with Crippen molar-refractivity contribution in [3.8, 4) is 0 Å². The van der Waals surface area contributed by atoms with Crippen molar-refractivity contribution in [3.63, 3.8) is 0 Å². The first kappa shape index (κ1) is 14.5. The Morgan fingerprint density at radius 3 is 2.65 bits per heavy atom. The van der Waals surface area contributed by atoms with Gasteiger partial charge in [-0.3, -0.25) is 14.6 Å². The molecule has 5 heteroatoms. The lowest BCUT2D eigenvalue weighted by atomic mass is 9.95. The molecule has 1 fully saturated rings. The number of carbonyl (C=O) groups is 2. The van der Waals surface area contributed by atoms with Crippen LogP contribution in [0.3, 0.4) is 0 Å². The van der Waals surface area contributed by atoms with Gasteiger partial charge in [-0.25, -0.2) is 0 Å². The van der Waals surface area contributed by atoms with Crippen LogP contribution in [-0.4, -0.2) is 33.9 Å². The minimum atomic E-state index is -0.862. The number of rotatable bonds is 4. The van der Waals surface area contributed by atoms with Gasteiger partial charge in [0.25, 0.3) is 0 Å². The monoisotopic (exact) mass is 276 g/mol. The molecular formula is C15H20N2O3. The Labute approximate surface area is 118 Å². The quantitative estimate of drug-likeness (QED) is 0.910. The van der Waals surface area contributed by atoms with Crippen LogP contribution in [0.15, 0.2) is 24.4 Å². The Kier molecular flexibility index (Phi) is 4.37. The molecule has 0 radical (unpaired) electrons. The highest BCUT2D eigenvalue weighted by atomic mass is 16.4. The number of aliphatic carboxylic acids is 1. The second-order valence-corrected chi connectivity index (χ2v) is 5.64. The van der Waals surface area contributed by atoms with Crippen LogP contribution in [-0.2, 0) is 16.1 Å². The zero-order valence-corrected chi connectivity index (χ0v) is 11.8. The molecule has 1 heterocycles. The van der Waals surface area contributed by atoms with Crippen LogP contribution in [0.4, 0.5) is 0 Å². The Morgan fingerprint density at radius 1 is 1.35 bits per heavy atom. The number of hydrogen-bond donors (Lipinski definition) is 1. The standard InChI is InChI=1S/C15H20N2O3/c1-10-7-12(13(8-10)15(19)20)14(18)17(2)9-11-5-3-4-6-16-11/h3-6,10,12-13H,7-9H2,1-2H3,(H,19,20). The Morgan fingerprint density at radius 2 is 2.05 bits per heavy atom. The highest BCUT2D eigenvalue weighted by Crippen LogP contribution is 2.37. The zero-order valence-electron chi connectivity index (χ0n) is 11.8. The molecule has 0 spiro atoms. The fraction of sp³-hybridized carbons (Fsp3) is 0.533. The van der Waals surface area contributed by atoms with Crippen molar-refractivity contribution in [2.75, 3.05) is 7.05 Å². The minimum absolute atomic E-state index is 0.0904. The summed E-state index contributed by atoms with van der Waals surface area (Å²) in [7, 11) is 1.71. The summed E-state index contributed by atoms with van der Waals surface area (Å²) in [5.41, 5.74) is 0.807. The van der Waals surface area contributed by atoms with E-state index in [1.54, 1.807) is 18.1 Å². The fourth-order valence-corrected chi connectivity index (χ4v) is 2.93. The van der Waals surface area contributed by atoms with Crippen molar-refractivity contribution in [2.24, 2.45) is 17.8 Å². The van der Waals surface area contributed by atoms with Crippen molar-refractivity contribution >= 4 is 11.9 Å². The number of carboxylic acids is 1.